The Bertz CT molecular complexity index is 280. The summed E-state index contributed by atoms with van der Waals surface area (Å²) in [6, 6.07) is 2.84. The maximum atomic E-state index is 10.9. The lowest BCUT2D eigenvalue weighted by Crippen LogP contribution is -2.30. The molecule has 0 aliphatic carbocycles. The first-order valence-electron chi connectivity index (χ1n) is 4.62. The van der Waals surface area contributed by atoms with E-state index in [1.165, 1.54) is 6.26 Å². The van der Waals surface area contributed by atoms with E-state index < -0.39 is 12.0 Å². The second kappa shape index (κ2) is 4.69. The molecule has 1 heterocycles. The van der Waals surface area contributed by atoms with E-state index in [1.807, 2.05) is 13.8 Å². The van der Waals surface area contributed by atoms with Gasteiger partial charge in [0.2, 0.25) is 0 Å². The van der Waals surface area contributed by atoms with E-state index in [1.54, 1.807) is 12.1 Å². The van der Waals surface area contributed by atoms with Crippen LogP contribution in [0.4, 0.5) is 5.88 Å². The smallest absolute Gasteiger partial charge is 0.326 e. The number of carboxylic acid groups (broad SMARTS) is 1. The molecule has 0 aliphatic heterocycles. The van der Waals surface area contributed by atoms with E-state index in [4.69, 9.17) is 9.52 Å². The predicted molar refractivity (Wildman–Crippen MR) is 53.2 cm³/mol. The fourth-order valence-corrected chi connectivity index (χ4v) is 1.23. The third-order valence-corrected chi connectivity index (χ3v) is 1.84. The van der Waals surface area contributed by atoms with E-state index in [0.717, 1.165) is 0 Å². The minimum absolute atomic E-state index is 0.332. The zero-order valence-corrected chi connectivity index (χ0v) is 8.36. The predicted octanol–water partition coefficient (Wildman–Crippen LogP) is 2.19. The van der Waals surface area contributed by atoms with Crippen molar-refractivity contribution in [1.29, 1.82) is 0 Å². The van der Waals surface area contributed by atoms with Gasteiger partial charge in [-0.2, -0.15) is 0 Å². The van der Waals surface area contributed by atoms with Crippen LogP contribution >= 0.6 is 0 Å². The summed E-state index contributed by atoms with van der Waals surface area (Å²) < 4.78 is 5.02. The van der Waals surface area contributed by atoms with Gasteiger partial charge in [-0.3, -0.25) is 0 Å². The highest BCUT2D eigenvalue weighted by molar-refractivity contribution is 5.76. The van der Waals surface area contributed by atoms with Crippen LogP contribution in [0.25, 0.3) is 0 Å². The number of hydrogen-bond acceptors (Lipinski definition) is 3. The summed E-state index contributed by atoms with van der Waals surface area (Å²) in [4.78, 5) is 10.9. The summed E-state index contributed by atoms with van der Waals surface area (Å²) in [5, 5.41) is 11.7. The maximum absolute atomic E-state index is 10.9. The van der Waals surface area contributed by atoms with Crippen molar-refractivity contribution in [1.82, 2.24) is 0 Å². The van der Waals surface area contributed by atoms with Crippen LogP contribution in [0.2, 0.25) is 0 Å². The van der Waals surface area contributed by atoms with E-state index in [-0.39, 0.29) is 0 Å². The molecule has 1 unspecified atom stereocenters. The molecule has 2 N–H and O–H groups in total. The van der Waals surface area contributed by atoms with Crippen LogP contribution in [0, 0.1) is 5.92 Å². The van der Waals surface area contributed by atoms with Crippen LogP contribution < -0.4 is 5.32 Å². The normalized spacial score (nSPS) is 12.8. The van der Waals surface area contributed by atoms with Gasteiger partial charge in [-0.25, -0.2) is 4.79 Å². The van der Waals surface area contributed by atoms with Gasteiger partial charge in [-0.1, -0.05) is 13.8 Å². The van der Waals surface area contributed by atoms with Crippen molar-refractivity contribution >= 4 is 11.9 Å². The number of nitrogens with one attached hydrogen (secondary N) is 1. The molecule has 0 aliphatic rings. The van der Waals surface area contributed by atoms with Crippen molar-refractivity contribution in [3.63, 3.8) is 0 Å². The second-order valence-corrected chi connectivity index (χ2v) is 3.64. The molecular weight excluding hydrogens is 182 g/mol. The van der Waals surface area contributed by atoms with Crippen LogP contribution in [0.5, 0.6) is 0 Å². The average Bonchev–Trinajstić information content (AvgIpc) is 2.54. The Morgan fingerprint density at radius 2 is 2.36 bits per heavy atom. The molecule has 1 aromatic heterocycles. The highest BCUT2D eigenvalue weighted by Gasteiger charge is 2.19. The van der Waals surface area contributed by atoms with Gasteiger partial charge in [0.1, 0.15) is 6.04 Å². The molecule has 1 aromatic rings. The molecule has 1 rings (SSSR count). The number of carbonyl (C=O) groups is 1. The minimum atomic E-state index is -0.852. The number of carboxylic acids is 1. The summed E-state index contributed by atoms with van der Waals surface area (Å²) in [6.45, 7) is 3.97. The topological polar surface area (TPSA) is 62.5 Å². The van der Waals surface area contributed by atoms with Crippen molar-refractivity contribution in [2.45, 2.75) is 26.3 Å². The lowest BCUT2D eigenvalue weighted by molar-refractivity contribution is -0.138. The highest BCUT2D eigenvalue weighted by atomic mass is 16.4. The van der Waals surface area contributed by atoms with Crippen molar-refractivity contribution in [2.75, 3.05) is 5.32 Å². The Morgan fingerprint density at radius 1 is 1.64 bits per heavy atom. The van der Waals surface area contributed by atoms with Crippen molar-refractivity contribution in [3.8, 4) is 0 Å². The van der Waals surface area contributed by atoms with Gasteiger partial charge in [0.25, 0.3) is 0 Å². The lowest BCUT2D eigenvalue weighted by Gasteiger charge is -2.15. The van der Waals surface area contributed by atoms with E-state index in [2.05, 4.69) is 5.32 Å². The zero-order valence-electron chi connectivity index (χ0n) is 8.36. The van der Waals surface area contributed by atoms with Gasteiger partial charge in [0.15, 0.2) is 5.88 Å². The standard InChI is InChI=1S/C10H15NO3/c1-7(2)6-8(10(12)13)11-9-4-3-5-14-9/h3-5,7-8,11H,6H2,1-2H3,(H,12,13). The Hall–Kier alpha value is -1.45. The van der Waals surface area contributed by atoms with Crippen LogP contribution in [0.15, 0.2) is 22.8 Å². The average molecular weight is 197 g/mol. The van der Waals surface area contributed by atoms with Gasteiger partial charge >= 0.3 is 5.97 Å². The first-order chi connectivity index (χ1) is 6.59. The quantitative estimate of drug-likeness (QED) is 0.759. The minimum Gasteiger partial charge on any atom is -0.480 e. The molecule has 78 valence electrons. The van der Waals surface area contributed by atoms with Crippen molar-refractivity contribution in [2.24, 2.45) is 5.92 Å². The molecule has 0 fully saturated rings. The van der Waals surface area contributed by atoms with Crippen molar-refractivity contribution in [3.05, 3.63) is 18.4 Å². The molecule has 4 nitrogen and oxygen atoms in total. The number of rotatable bonds is 5. The van der Waals surface area contributed by atoms with E-state index >= 15 is 0 Å². The van der Waals surface area contributed by atoms with E-state index in [9.17, 15) is 4.79 Å². The molecule has 0 saturated heterocycles. The van der Waals surface area contributed by atoms with Gasteiger partial charge in [0, 0.05) is 6.07 Å². The summed E-state index contributed by atoms with van der Waals surface area (Å²) in [7, 11) is 0. The number of hydrogen-bond donors (Lipinski definition) is 2. The van der Waals surface area contributed by atoms with Crippen LogP contribution in [0.3, 0.4) is 0 Å². The van der Waals surface area contributed by atoms with E-state index in [0.29, 0.717) is 18.2 Å². The highest BCUT2D eigenvalue weighted by Crippen LogP contribution is 2.13. The third-order valence-electron chi connectivity index (χ3n) is 1.84. The van der Waals surface area contributed by atoms with Crippen LogP contribution in [-0.4, -0.2) is 17.1 Å². The van der Waals surface area contributed by atoms with Crippen LogP contribution in [-0.2, 0) is 4.79 Å². The molecule has 1 atom stereocenters. The molecule has 0 radical (unpaired) electrons. The number of anilines is 1. The zero-order chi connectivity index (χ0) is 10.6. The molecule has 0 aromatic carbocycles. The number of aliphatic carboxylic acids is 1. The summed E-state index contributed by atoms with van der Waals surface area (Å²) in [6.07, 6.45) is 2.09. The van der Waals surface area contributed by atoms with Gasteiger partial charge < -0.3 is 14.8 Å². The van der Waals surface area contributed by atoms with Gasteiger partial charge in [0.05, 0.1) is 6.26 Å². The molecule has 0 amide bonds. The summed E-state index contributed by atoms with van der Waals surface area (Å²) in [5.74, 6) is -0.0216. The van der Waals surface area contributed by atoms with Crippen LogP contribution in [0.1, 0.15) is 20.3 Å². The fourth-order valence-electron chi connectivity index (χ4n) is 1.23. The van der Waals surface area contributed by atoms with Gasteiger partial charge in [-0.05, 0) is 18.4 Å². The molecule has 0 bridgehead atoms. The molecule has 0 saturated carbocycles. The Labute approximate surface area is 82.9 Å². The third kappa shape index (κ3) is 3.12. The Morgan fingerprint density at radius 3 is 2.79 bits per heavy atom. The number of furan rings is 1. The molecular formula is C10H15NO3. The largest absolute Gasteiger partial charge is 0.480 e. The first-order valence-corrected chi connectivity index (χ1v) is 4.62. The SMILES string of the molecule is CC(C)CC(Nc1ccco1)C(=O)O. The fraction of sp³-hybridized carbons (Fsp3) is 0.500. The molecule has 0 spiro atoms. The monoisotopic (exact) mass is 197 g/mol. The summed E-state index contributed by atoms with van der Waals surface area (Å²) in [5.41, 5.74) is 0. The van der Waals surface area contributed by atoms with Gasteiger partial charge in [-0.15, -0.1) is 0 Å². The lowest BCUT2D eigenvalue weighted by atomic mass is 10.0. The molecule has 14 heavy (non-hydrogen) atoms. The Balaban J connectivity index is 2.56. The molecule has 4 heteroatoms. The maximum Gasteiger partial charge on any atom is 0.326 e. The Kier molecular flexibility index (Phi) is 3.56. The van der Waals surface area contributed by atoms with Crippen molar-refractivity contribution < 1.29 is 14.3 Å². The summed E-state index contributed by atoms with van der Waals surface area (Å²) >= 11 is 0. The first kappa shape index (κ1) is 10.6. The second-order valence-electron chi connectivity index (χ2n) is 3.64.